The van der Waals surface area contributed by atoms with E-state index in [9.17, 15) is 8.42 Å². The van der Waals surface area contributed by atoms with Gasteiger partial charge in [0, 0.05) is 19.5 Å². The second-order valence-corrected chi connectivity index (χ2v) is 11.5. The van der Waals surface area contributed by atoms with Crippen molar-refractivity contribution in [2.24, 2.45) is 0 Å². The molecule has 200 valence electrons. The van der Waals surface area contributed by atoms with Crippen LogP contribution in [0.4, 0.5) is 0 Å². The van der Waals surface area contributed by atoms with Crippen LogP contribution < -0.4 is 9.47 Å². The average molecular weight is 552 g/mol. The first-order valence-electron chi connectivity index (χ1n) is 11.8. The molecule has 0 bridgehead atoms. The molecule has 2 heterocycles. The summed E-state index contributed by atoms with van der Waals surface area (Å²) in [6.07, 6.45) is 5.12. The van der Waals surface area contributed by atoms with Crippen LogP contribution in [0.2, 0.25) is 5.02 Å². The zero-order chi connectivity index (χ0) is 26.6. The maximum atomic E-state index is 13.6. The molecular formula is C24H30ClN5O6S. The molecule has 11 nitrogen and oxygen atoms in total. The Balaban J connectivity index is 1.72. The van der Waals surface area contributed by atoms with Crippen molar-refractivity contribution in [3.63, 3.8) is 0 Å². The van der Waals surface area contributed by atoms with Gasteiger partial charge in [-0.1, -0.05) is 17.7 Å². The minimum atomic E-state index is -3.85. The molecule has 0 N–H and O–H groups in total. The Morgan fingerprint density at radius 2 is 1.68 bits per heavy atom. The summed E-state index contributed by atoms with van der Waals surface area (Å²) in [6.45, 7) is 1.71. The summed E-state index contributed by atoms with van der Waals surface area (Å²) in [7, 11) is 0.619. The number of methoxy groups -OCH3 is 3. The number of halogens is 1. The third-order valence-corrected chi connectivity index (χ3v) is 8.63. The van der Waals surface area contributed by atoms with E-state index in [4.69, 9.17) is 30.5 Å². The van der Waals surface area contributed by atoms with Gasteiger partial charge in [0.25, 0.3) is 0 Å². The fourth-order valence-corrected chi connectivity index (χ4v) is 5.57. The summed E-state index contributed by atoms with van der Waals surface area (Å²) in [6, 6.07) is 5.30. The third kappa shape index (κ3) is 5.87. The summed E-state index contributed by atoms with van der Waals surface area (Å²) in [4.78, 5) is 8.29. The maximum Gasteiger partial charge on any atom is 0.163 e. The van der Waals surface area contributed by atoms with Crippen LogP contribution in [0.1, 0.15) is 49.8 Å². The fourth-order valence-electron chi connectivity index (χ4n) is 4.06. The first kappa shape index (κ1) is 27.2. The van der Waals surface area contributed by atoms with Crippen molar-refractivity contribution in [1.29, 1.82) is 0 Å². The van der Waals surface area contributed by atoms with Crippen molar-refractivity contribution in [2.75, 3.05) is 21.3 Å². The number of hydrogen-bond donors (Lipinski definition) is 0. The van der Waals surface area contributed by atoms with E-state index in [-0.39, 0.29) is 24.4 Å². The molecule has 1 saturated carbocycles. The Morgan fingerprint density at radius 3 is 2.22 bits per heavy atom. The van der Waals surface area contributed by atoms with Crippen molar-refractivity contribution >= 4 is 21.4 Å². The van der Waals surface area contributed by atoms with Crippen LogP contribution in [0.5, 0.6) is 11.5 Å². The number of benzene rings is 1. The van der Waals surface area contributed by atoms with Gasteiger partial charge in [0.2, 0.25) is 0 Å². The number of rotatable bonds is 12. The van der Waals surface area contributed by atoms with E-state index < -0.39 is 26.9 Å². The first-order chi connectivity index (χ1) is 17.8. The molecule has 0 unspecified atom stereocenters. The molecule has 0 spiro atoms. The quantitative estimate of drug-likeness (QED) is 0.330. The van der Waals surface area contributed by atoms with E-state index in [2.05, 4.69) is 20.2 Å². The molecule has 0 saturated heterocycles. The lowest BCUT2D eigenvalue weighted by atomic mass is 9.96. The number of nitrogens with zero attached hydrogens (tertiary/aromatic N) is 5. The Morgan fingerprint density at radius 1 is 1.05 bits per heavy atom. The maximum absolute atomic E-state index is 13.6. The topological polar surface area (TPSA) is 128 Å². The molecule has 2 atom stereocenters. The van der Waals surface area contributed by atoms with Crippen LogP contribution in [-0.2, 0) is 31.7 Å². The van der Waals surface area contributed by atoms with Crippen molar-refractivity contribution in [2.45, 2.75) is 56.0 Å². The predicted molar refractivity (Wildman–Crippen MR) is 136 cm³/mol. The second-order valence-electron chi connectivity index (χ2n) is 8.67. The molecule has 2 aromatic heterocycles. The van der Waals surface area contributed by atoms with Crippen LogP contribution in [0.15, 0.2) is 30.6 Å². The Labute approximate surface area is 221 Å². The van der Waals surface area contributed by atoms with E-state index in [1.165, 1.54) is 33.7 Å². The summed E-state index contributed by atoms with van der Waals surface area (Å²) >= 11 is 5.89. The van der Waals surface area contributed by atoms with Gasteiger partial charge in [-0.25, -0.2) is 18.4 Å². The molecule has 0 aliphatic heterocycles. The monoisotopic (exact) mass is 551 g/mol. The van der Waals surface area contributed by atoms with Crippen LogP contribution in [0, 0.1) is 0 Å². The third-order valence-electron chi connectivity index (χ3n) is 6.39. The lowest BCUT2D eigenvalue weighted by Crippen LogP contribution is -2.30. The van der Waals surface area contributed by atoms with Gasteiger partial charge in [-0.3, -0.25) is 4.57 Å². The Kier molecular flexibility index (Phi) is 8.63. The molecule has 0 amide bonds. The second kappa shape index (κ2) is 11.7. The number of aromatic nitrogens is 5. The summed E-state index contributed by atoms with van der Waals surface area (Å²) in [5.74, 6) is 1.36. The first-order valence-corrected chi connectivity index (χ1v) is 13.9. The summed E-state index contributed by atoms with van der Waals surface area (Å²) < 4.78 is 51.5. The summed E-state index contributed by atoms with van der Waals surface area (Å²) in [5, 5.41) is 7.88. The zero-order valence-electron chi connectivity index (χ0n) is 21.1. The molecule has 1 aliphatic carbocycles. The van der Waals surface area contributed by atoms with E-state index in [0.717, 1.165) is 19.3 Å². The van der Waals surface area contributed by atoms with Gasteiger partial charge >= 0.3 is 0 Å². The standard InChI is InChI=1S/C24H30ClN5O6S/c1-15(23(35-4)24-26-11-16(25)12-27-24)37(31,32)14-21-29-28-20(13-36-17-7-5-8-17)30(21)22-18(33-2)9-6-10-19(22)34-3/h6,9-12,15,17,23H,5,7-8,13-14H2,1-4H3/t15-,23-/m0/s1. The van der Waals surface area contributed by atoms with Crippen LogP contribution in [0.3, 0.4) is 0 Å². The smallest absolute Gasteiger partial charge is 0.163 e. The van der Waals surface area contributed by atoms with Gasteiger partial charge in [0.15, 0.2) is 27.3 Å². The van der Waals surface area contributed by atoms with Crippen molar-refractivity contribution < 1.29 is 27.4 Å². The van der Waals surface area contributed by atoms with E-state index in [1.807, 2.05) is 0 Å². The van der Waals surface area contributed by atoms with Crippen molar-refractivity contribution in [1.82, 2.24) is 24.7 Å². The number of ether oxygens (including phenoxy) is 4. The normalized spacial score (nSPS) is 15.7. The van der Waals surface area contributed by atoms with E-state index in [0.29, 0.717) is 28.0 Å². The van der Waals surface area contributed by atoms with E-state index in [1.54, 1.807) is 29.7 Å². The van der Waals surface area contributed by atoms with Crippen molar-refractivity contribution in [3.05, 3.63) is 53.1 Å². The van der Waals surface area contributed by atoms with Crippen molar-refractivity contribution in [3.8, 4) is 17.2 Å². The molecule has 1 fully saturated rings. The molecule has 37 heavy (non-hydrogen) atoms. The van der Waals surface area contributed by atoms with Gasteiger partial charge < -0.3 is 18.9 Å². The van der Waals surface area contributed by atoms with Gasteiger partial charge in [0.05, 0.1) is 30.6 Å². The summed E-state index contributed by atoms with van der Waals surface area (Å²) in [5.41, 5.74) is 0.492. The minimum absolute atomic E-state index is 0.152. The highest BCUT2D eigenvalue weighted by atomic mass is 35.5. The van der Waals surface area contributed by atoms with Gasteiger partial charge in [-0.05, 0) is 38.3 Å². The molecule has 0 radical (unpaired) electrons. The lowest BCUT2D eigenvalue weighted by molar-refractivity contribution is -0.0122. The largest absolute Gasteiger partial charge is 0.494 e. The van der Waals surface area contributed by atoms with Crippen LogP contribution >= 0.6 is 11.6 Å². The van der Waals surface area contributed by atoms with Gasteiger partial charge in [-0.2, -0.15) is 0 Å². The highest BCUT2D eigenvalue weighted by Gasteiger charge is 2.35. The van der Waals surface area contributed by atoms with E-state index >= 15 is 0 Å². The number of hydrogen-bond acceptors (Lipinski definition) is 10. The highest BCUT2D eigenvalue weighted by molar-refractivity contribution is 7.91. The molecule has 13 heteroatoms. The molecular weight excluding hydrogens is 522 g/mol. The zero-order valence-corrected chi connectivity index (χ0v) is 22.7. The average Bonchev–Trinajstić information content (AvgIpc) is 3.24. The fraction of sp³-hybridized carbons (Fsp3) is 0.500. The Bertz CT molecular complexity index is 1290. The number of sulfone groups is 1. The molecule has 1 aromatic carbocycles. The minimum Gasteiger partial charge on any atom is -0.494 e. The molecule has 3 aromatic rings. The van der Waals surface area contributed by atoms with Gasteiger partial charge in [-0.15, -0.1) is 10.2 Å². The van der Waals surface area contributed by atoms with Crippen LogP contribution in [-0.4, -0.2) is 65.8 Å². The number of para-hydroxylation sites is 1. The Hall–Kier alpha value is -2.80. The predicted octanol–water partition coefficient (Wildman–Crippen LogP) is 3.49. The highest BCUT2D eigenvalue weighted by Crippen LogP contribution is 2.35. The molecule has 1 aliphatic rings. The van der Waals surface area contributed by atoms with Gasteiger partial charge in [0.1, 0.15) is 35.7 Å². The SMILES string of the molecule is COc1cccc(OC)c1-n1c(COC2CCC2)nnc1CS(=O)(=O)[C@@H](C)[C@H](OC)c1ncc(Cl)cn1. The lowest BCUT2D eigenvalue weighted by Gasteiger charge is -2.25. The van der Waals surface area contributed by atoms with Crippen LogP contribution in [0.25, 0.3) is 5.69 Å². The molecule has 4 rings (SSSR count).